The molecule has 2 aromatic rings. The Balaban J connectivity index is 2.91. The van der Waals surface area contributed by atoms with Gasteiger partial charge in [-0.3, -0.25) is 0 Å². The number of fused-ring (bicyclic) bond motifs is 1. The smallest absolute Gasteiger partial charge is 0.150 e. The molecule has 2 rings (SSSR count). The Hall–Kier alpha value is -1.23. The average molecular weight is 315 g/mol. The lowest BCUT2D eigenvalue weighted by molar-refractivity contribution is 0.567. The van der Waals surface area contributed by atoms with Gasteiger partial charge < -0.3 is 5.73 Å². The molecule has 0 spiro atoms. The predicted octanol–water partition coefficient (Wildman–Crippen LogP) is 4.16. The van der Waals surface area contributed by atoms with Gasteiger partial charge in [-0.2, -0.15) is 0 Å². The van der Waals surface area contributed by atoms with Crippen molar-refractivity contribution in [2.45, 2.75) is 26.2 Å². The van der Waals surface area contributed by atoms with Gasteiger partial charge in [0.1, 0.15) is 11.3 Å². The zero-order valence-corrected chi connectivity index (χ0v) is 11.9. The molecule has 0 aliphatic carbocycles. The van der Waals surface area contributed by atoms with Crippen molar-refractivity contribution in [1.82, 2.24) is 4.98 Å². The minimum absolute atomic E-state index is 0.0230. The van der Waals surface area contributed by atoms with Crippen LogP contribution in [-0.4, -0.2) is 4.98 Å². The summed E-state index contributed by atoms with van der Waals surface area (Å²) in [6.45, 7) is 5.81. The molecule has 5 heteroatoms. The molecule has 0 amide bonds. The van der Waals surface area contributed by atoms with Gasteiger partial charge in [-0.25, -0.2) is 13.8 Å². The second-order valence-electron chi connectivity index (χ2n) is 5.22. The van der Waals surface area contributed by atoms with E-state index in [1.165, 1.54) is 0 Å². The molecule has 18 heavy (non-hydrogen) atoms. The molecule has 0 aliphatic heterocycles. The maximum Gasteiger partial charge on any atom is 0.150 e. The number of hydrogen-bond acceptors (Lipinski definition) is 2. The maximum atomic E-state index is 13.9. The third kappa shape index (κ3) is 2.07. The molecule has 2 N–H and O–H groups in total. The van der Waals surface area contributed by atoms with Crippen LogP contribution in [0, 0.1) is 11.6 Å². The first-order chi connectivity index (χ1) is 8.21. The van der Waals surface area contributed by atoms with Crippen LogP contribution in [0.1, 0.15) is 26.5 Å². The van der Waals surface area contributed by atoms with Crippen LogP contribution in [0.15, 0.2) is 16.6 Å². The summed E-state index contributed by atoms with van der Waals surface area (Å²) in [7, 11) is 0. The van der Waals surface area contributed by atoms with Gasteiger partial charge in [-0.1, -0.05) is 20.8 Å². The van der Waals surface area contributed by atoms with Gasteiger partial charge in [0.15, 0.2) is 5.82 Å². The first-order valence-corrected chi connectivity index (χ1v) is 6.25. The number of nitrogens with zero attached hydrogens (tertiary/aromatic N) is 1. The van der Waals surface area contributed by atoms with E-state index in [-0.39, 0.29) is 26.5 Å². The largest absolute Gasteiger partial charge is 0.398 e. The summed E-state index contributed by atoms with van der Waals surface area (Å²) in [4.78, 5) is 4.19. The number of nitrogens with two attached hydrogens (primary N) is 1. The number of hydrogen-bond donors (Lipinski definition) is 1. The van der Waals surface area contributed by atoms with E-state index >= 15 is 0 Å². The summed E-state index contributed by atoms with van der Waals surface area (Å²) in [6.07, 6.45) is 0. The van der Waals surface area contributed by atoms with Crippen molar-refractivity contribution >= 4 is 32.5 Å². The van der Waals surface area contributed by atoms with Crippen molar-refractivity contribution in [3.8, 4) is 0 Å². The summed E-state index contributed by atoms with van der Waals surface area (Å²) < 4.78 is 27.8. The Kier molecular flexibility index (Phi) is 3.05. The van der Waals surface area contributed by atoms with Crippen LogP contribution < -0.4 is 5.73 Å². The van der Waals surface area contributed by atoms with Crippen LogP contribution in [-0.2, 0) is 5.41 Å². The van der Waals surface area contributed by atoms with E-state index in [0.717, 1.165) is 6.07 Å². The van der Waals surface area contributed by atoms with E-state index in [2.05, 4.69) is 20.9 Å². The van der Waals surface area contributed by atoms with Crippen molar-refractivity contribution < 1.29 is 8.78 Å². The summed E-state index contributed by atoms with van der Waals surface area (Å²) in [6, 6.07) is 2.66. The molecule has 1 heterocycles. The molecule has 1 aromatic heterocycles. The molecule has 2 nitrogen and oxygen atoms in total. The highest BCUT2D eigenvalue weighted by Crippen LogP contribution is 2.33. The fourth-order valence-electron chi connectivity index (χ4n) is 1.71. The highest BCUT2D eigenvalue weighted by Gasteiger charge is 2.21. The van der Waals surface area contributed by atoms with Gasteiger partial charge in [0.25, 0.3) is 0 Å². The zero-order valence-electron chi connectivity index (χ0n) is 10.3. The van der Waals surface area contributed by atoms with Crippen molar-refractivity contribution in [3.63, 3.8) is 0 Å². The van der Waals surface area contributed by atoms with Gasteiger partial charge in [-0.15, -0.1) is 0 Å². The molecule has 0 fully saturated rings. The maximum absolute atomic E-state index is 13.9. The van der Waals surface area contributed by atoms with Gasteiger partial charge >= 0.3 is 0 Å². The molecule has 0 unspecified atom stereocenters. The lowest BCUT2D eigenvalue weighted by Crippen LogP contribution is -2.14. The second-order valence-corrected chi connectivity index (χ2v) is 6.08. The SMILES string of the molecule is CC(C)(C)c1cc(N)c2c(F)c(Br)cc(F)c2n1. The fourth-order valence-corrected chi connectivity index (χ4v) is 2.11. The fraction of sp³-hybridized carbons (Fsp3) is 0.308. The van der Waals surface area contributed by atoms with E-state index < -0.39 is 11.6 Å². The highest BCUT2D eigenvalue weighted by molar-refractivity contribution is 9.10. The van der Waals surface area contributed by atoms with Crippen molar-refractivity contribution in [3.05, 3.63) is 33.9 Å². The molecule has 0 saturated carbocycles. The third-order valence-corrected chi connectivity index (χ3v) is 3.30. The Morgan fingerprint density at radius 2 is 1.83 bits per heavy atom. The molecule has 0 radical (unpaired) electrons. The van der Waals surface area contributed by atoms with Crippen molar-refractivity contribution in [1.29, 1.82) is 0 Å². The highest BCUT2D eigenvalue weighted by atomic mass is 79.9. The van der Waals surface area contributed by atoms with Crippen molar-refractivity contribution in [2.24, 2.45) is 0 Å². The number of pyridine rings is 1. The Bertz CT molecular complexity index is 633. The molecular weight excluding hydrogens is 302 g/mol. The minimum atomic E-state index is -0.587. The van der Waals surface area contributed by atoms with Gasteiger partial charge in [0.05, 0.1) is 9.86 Å². The zero-order chi connectivity index (χ0) is 13.7. The van der Waals surface area contributed by atoms with E-state index in [4.69, 9.17) is 5.73 Å². The molecule has 1 aromatic carbocycles. The van der Waals surface area contributed by atoms with Crippen LogP contribution in [0.3, 0.4) is 0 Å². The quantitative estimate of drug-likeness (QED) is 0.742. The van der Waals surface area contributed by atoms with Crippen LogP contribution >= 0.6 is 15.9 Å². The number of nitrogen functional groups attached to an aromatic ring is 1. The van der Waals surface area contributed by atoms with Crippen LogP contribution in [0.4, 0.5) is 14.5 Å². The number of aromatic nitrogens is 1. The number of rotatable bonds is 0. The van der Waals surface area contributed by atoms with Gasteiger partial charge in [0, 0.05) is 16.8 Å². The van der Waals surface area contributed by atoms with Crippen LogP contribution in [0.25, 0.3) is 10.9 Å². The van der Waals surface area contributed by atoms with E-state index in [1.807, 2.05) is 20.8 Å². The Morgan fingerprint density at radius 1 is 1.22 bits per heavy atom. The first-order valence-electron chi connectivity index (χ1n) is 5.46. The minimum Gasteiger partial charge on any atom is -0.398 e. The monoisotopic (exact) mass is 314 g/mol. The third-order valence-electron chi connectivity index (χ3n) is 2.73. The lowest BCUT2D eigenvalue weighted by atomic mass is 9.91. The Labute approximate surface area is 112 Å². The average Bonchev–Trinajstić information content (AvgIpc) is 2.24. The van der Waals surface area contributed by atoms with E-state index in [9.17, 15) is 8.78 Å². The molecule has 0 bridgehead atoms. The Morgan fingerprint density at radius 3 is 2.39 bits per heavy atom. The first kappa shape index (κ1) is 13.2. The normalized spacial score (nSPS) is 12.1. The van der Waals surface area contributed by atoms with Crippen LogP contribution in [0.2, 0.25) is 0 Å². The standard InChI is InChI=1S/C13H13BrF2N2/c1-13(2,3)9-5-8(17)10-11(16)6(14)4-7(15)12(10)18-9/h4-5H,1-3H3,(H2,17,18). The molecule has 96 valence electrons. The van der Waals surface area contributed by atoms with Gasteiger partial charge in [-0.05, 0) is 28.1 Å². The molecule has 0 aliphatic rings. The summed E-state index contributed by atoms with van der Waals surface area (Å²) in [5.74, 6) is -1.17. The molecule has 0 saturated heterocycles. The summed E-state index contributed by atoms with van der Waals surface area (Å²) in [5, 5.41) is 0.0230. The summed E-state index contributed by atoms with van der Waals surface area (Å²) >= 11 is 2.96. The summed E-state index contributed by atoms with van der Waals surface area (Å²) in [5.41, 5.74) is 6.35. The lowest BCUT2D eigenvalue weighted by Gasteiger charge is -2.19. The number of benzene rings is 1. The van der Waals surface area contributed by atoms with Crippen LogP contribution in [0.5, 0.6) is 0 Å². The second kappa shape index (κ2) is 4.16. The van der Waals surface area contributed by atoms with Crippen molar-refractivity contribution in [2.75, 3.05) is 5.73 Å². The number of anilines is 1. The van der Waals surface area contributed by atoms with Gasteiger partial charge in [0.2, 0.25) is 0 Å². The predicted molar refractivity (Wildman–Crippen MR) is 72.5 cm³/mol. The van der Waals surface area contributed by atoms with E-state index in [1.54, 1.807) is 6.07 Å². The molecule has 0 atom stereocenters. The number of halogens is 3. The van der Waals surface area contributed by atoms with E-state index in [0.29, 0.717) is 5.69 Å². The molecular formula is C13H13BrF2N2. The topological polar surface area (TPSA) is 38.9 Å².